The van der Waals surface area contributed by atoms with Gasteiger partial charge in [0.2, 0.25) is 0 Å². The Labute approximate surface area is 165 Å². The van der Waals surface area contributed by atoms with Crippen molar-refractivity contribution in [3.8, 4) is 5.75 Å². The van der Waals surface area contributed by atoms with E-state index in [0.29, 0.717) is 26.1 Å². The molecule has 0 fully saturated rings. The number of benzene rings is 1. The summed E-state index contributed by atoms with van der Waals surface area (Å²) in [5, 5.41) is 11.7. The lowest BCUT2D eigenvalue weighted by molar-refractivity contribution is 0.103. The minimum absolute atomic E-state index is 0.192. The molecule has 0 saturated carbocycles. The van der Waals surface area contributed by atoms with Gasteiger partial charge in [-0.25, -0.2) is 0 Å². The monoisotopic (exact) mass is 395 g/mol. The van der Waals surface area contributed by atoms with E-state index in [1.807, 2.05) is 41.5 Å². The number of ketones is 1. The molecule has 0 spiro atoms. The molecule has 0 unspecified atom stereocenters. The van der Waals surface area contributed by atoms with Crippen LogP contribution in [0.2, 0.25) is 0 Å². The van der Waals surface area contributed by atoms with Gasteiger partial charge in [-0.3, -0.25) is 4.79 Å². The normalized spacial score (nSPS) is 12.5. The fourth-order valence-electron chi connectivity index (χ4n) is 2.73. The highest BCUT2D eigenvalue weighted by molar-refractivity contribution is 7.84. The van der Waals surface area contributed by atoms with E-state index in [1.54, 1.807) is 12.1 Å². The van der Waals surface area contributed by atoms with Crippen molar-refractivity contribution in [3.05, 3.63) is 34.4 Å². The van der Waals surface area contributed by atoms with Gasteiger partial charge < -0.3 is 10.1 Å². The lowest BCUT2D eigenvalue weighted by Crippen LogP contribution is -2.19. The summed E-state index contributed by atoms with van der Waals surface area (Å²) in [6.45, 7) is 12.1. The number of rotatable bonds is 2. The summed E-state index contributed by atoms with van der Waals surface area (Å²) in [5.41, 5.74) is 1.77. The highest BCUT2D eigenvalue weighted by atomic mass is 32.1. The fourth-order valence-corrected chi connectivity index (χ4v) is 3.73. The van der Waals surface area contributed by atoms with Crippen molar-refractivity contribution >= 4 is 43.7 Å². The molecule has 0 saturated heterocycles. The molecule has 2 rings (SSSR count). The predicted molar refractivity (Wildman–Crippen MR) is 111 cm³/mol. The van der Waals surface area contributed by atoms with Crippen LogP contribution in [-0.2, 0) is 10.8 Å². The second-order valence-corrected chi connectivity index (χ2v) is 9.64. The number of carbonyl (C=O) groups excluding carboxylic acids is 1. The first-order chi connectivity index (χ1) is 11.2. The SMILES string of the molecule is CC(C)(C)c1cc(C(=O)c2c(S)[nH]c(S)c2S)cc(C(C)(C)C)c1O. The smallest absolute Gasteiger partial charge is 0.196 e. The molecule has 6 heteroatoms. The third-order valence-electron chi connectivity index (χ3n) is 4.15. The number of thiol groups is 3. The summed E-state index contributed by atoms with van der Waals surface area (Å²) >= 11 is 13.0. The Hall–Kier alpha value is -0.980. The topological polar surface area (TPSA) is 53.1 Å². The summed E-state index contributed by atoms with van der Waals surface area (Å²) in [5.74, 6) is 0.0558. The Bertz CT molecular complexity index is 805. The molecule has 1 heterocycles. The zero-order valence-electron chi connectivity index (χ0n) is 15.4. The van der Waals surface area contributed by atoms with Gasteiger partial charge in [0, 0.05) is 21.6 Å². The predicted octanol–water partition coefficient (Wildman–Crippen LogP) is 5.41. The molecule has 0 amide bonds. The minimum Gasteiger partial charge on any atom is -0.507 e. The quantitative estimate of drug-likeness (QED) is 0.349. The number of phenolic OH excluding ortho intramolecular Hbond substituents is 1. The summed E-state index contributed by atoms with van der Waals surface area (Å²) in [6.07, 6.45) is 0. The van der Waals surface area contributed by atoms with Gasteiger partial charge in [-0.1, -0.05) is 41.5 Å². The Kier molecular flexibility index (Phi) is 5.40. The second kappa shape index (κ2) is 6.63. The molecular weight excluding hydrogens is 370 g/mol. The van der Waals surface area contributed by atoms with E-state index in [9.17, 15) is 9.90 Å². The first-order valence-electron chi connectivity index (χ1n) is 8.00. The number of nitrogens with one attached hydrogen (secondary N) is 1. The number of hydrogen-bond donors (Lipinski definition) is 5. The van der Waals surface area contributed by atoms with Crippen LogP contribution in [0.1, 0.15) is 68.6 Å². The largest absolute Gasteiger partial charge is 0.507 e. The van der Waals surface area contributed by atoms with Crippen molar-refractivity contribution in [1.82, 2.24) is 4.98 Å². The Morgan fingerprint density at radius 2 is 1.36 bits per heavy atom. The molecule has 25 heavy (non-hydrogen) atoms. The third-order valence-corrected chi connectivity index (χ3v) is 5.44. The Morgan fingerprint density at radius 1 is 0.920 bits per heavy atom. The van der Waals surface area contributed by atoms with E-state index in [2.05, 4.69) is 42.9 Å². The fraction of sp³-hybridized carbons (Fsp3) is 0.421. The van der Waals surface area contributed by atoms with Crippen LogP contribution >= 0.6 is 37.9 Å². The standard InChI is InChI=1S/C19H25NO2S3/c1-18(2,3)10-7-9(8-11(14(10)22)19(4,5)6)13(21)12-15(23)17(25)20-16(12)24/h7-8,20,22-25H,1-6H3. The number of hydrogen-bond acceptors (Lipinski definition) is 5. The molecule has 0 aliphatic carbocycles. The van der Waals surface area contributed by atoms with Gasteiger partial charge in [0.05, 0.1) is 15.6 Å². The van der Waals surface area contributed by atoms with E-state index in [-0.39, 0.29) is 22.4 Å². The van der Waals surface area contributed by atoms with Crippen LogP contribution in [-0.4, -0.2) is 15.9 Å². The maximum atomic E-state index is 13.1. The molecule has 3 nitrogen and oxygen atoms in total. The highest BCUT2D eigenvalue weighted by Crippen LogP contribution is 2.41. The first-order valence-corrected chi connectivity index (χ1v) is 9.34. The van der Waals surface area contributed by atoms with Crippen molar-refractivity contribution in [2.75, 3.05) is 0 Å². The summed E-state index contributed by atoms with van der Waals surface area (Å²) in [4.78, 5) is 16.5. The van der Waals surface area contributed by atoms with Crippen molar-refractivity contribution in [3.63, 3.8) is 0 Å². The van der Waals surface area contributed by atoms with E-state index < -0.39 is 0 Å². The minimum atomic E-state index is -0.305. The maximum Gasteiger partial charge on any atom is 0.196 e. The van der Waals surface area contributed by atoms with Crippen LogP contribution < -0.4 is 0 Å². The van der Waals surface area contributed by atoms with E-state index in [0.717, 1.165) is 11.1 Å². The lowest BCUT2D eigenvalue weighted by Gasteiger charge is -2.28. The molecular formula is C19H25NO2S3. The molecule has 0 radical (unpaired) electrons. The lowest BCUT2D eigenvalue weighted by atomic mass is 9.78. The molecule has 0 bridgehead atoms. The first kappa shape index (κ1) is 20.3. The van der Waals surface area contributed by atoms with Crippen molar-refractivity contribution in [1.29, 1.82) is 0 Å². The van der Waals surface area contributed by atoms with Crippen LogP contribution in [0, 0.1) is 0 Å². The van der Waals surface area contributed by atoms with Gasteiger partial charge in [0.25, 0.3) is 0 Å². The highest BCUT2D eigenvalue weighted by Gasteiger charge is 2.29. The molecule has 0 aliphatic heterocycles. The molecule has 2 aromatic rings. The number of H-pyrrole nitrogens is 1. The average Bonchev–Trinajstić information content (AvgIpc) is 2.69. The van der Waals surface area contributed by atoms with E-state index >= 15 is 0 Å². The van der Waals surface area contributed by atoms with Crippen molar-refractivity contribution in [2.45, 2.75) is 67.3 Å². The van der Waals surface area contributed by atoms with Crippen LogP contribution in [0.25, 0.3) is 0 Å². The van der Waals surface area contributed by atoms with Gasteiger partial charge in [-0.05, 0) is 23.0 Å². The Balaban J connectivity index is 2.76. The molecule has 0 atom stereocenters. The number of aromatic hydroxyl groups is 1. The number of phenols is 1. The van der Waals surface area contributed by atoms with Crippen molar-refractivity contribution in [2.24, 2.45) is 0 Å². The van der Waals surface area contributed by atoms with E-state index in [1.165, 1.54) is 0 Å². The van der Waals surface area contributed by atoms with Gasteiger partial charge in [0.1, 0.15) is 5.75 Å². The summed E-state index contributed by atoms with van der Waals surface area (Å²) < 4.78 is 0. The summed E-state index contributed by atoms with van der Waals surface area (Å²) in [7, 11) is 0. The maximum absolute atomic E-state index is 13.1. The molecule has 2 N–H and O–H groups in total. The number of aromatic nitrogens is 1. The van der Waals surface area contributed by atoms with Gasteiger partial charge in [-0.2, -0.15) is 0 Å². The zero-order valence-corrected chi connectivity index (χ0v) is 18.0. The number of carbonyl (C=O) groups is 1. The molecule has 1 aromatic heterocycles. The van der Waals surface area contributed by atoms with Crippen LogP contribution in [0.3, 0.4) is 0 Å². The van der Waals surface area contributed by atoms with Crippen LogP contribution in [0.4, 0.5) is 0 Å². The van der Waals surface area contributed by atoms with Gasteiger partial charge in [0.15, 0.2) is 5.78 Å². The van der Waals surface area contributed by atoms with Crippen LogP contribution in [0.15, 0.2) is 27.1 Å². The number of aromatic amines is 1. The van der Waals surface area contributed by atoms with Gasteiger partial charge >= 0.3 is 0 Å². The third kappa shape index (κ3) is 3.91. The molecule has 1 aromatic carbocycles. The second-order valence-electron chi connectivity index (χ2n) is 8.29. The van der Waals surface area contributed by atoms with E-state index in [4.69, 9.17) is 0 Å². The van der Waals surface area contributed by atoms with Gasteiger partial charge in [-0.15, -0.1) is 37.9 Å². The molecule has 0 aliphatic rings. The van der Waals surface area contributed by atoms with Crippen LogP contribution in [0.5, 0.6) is 5.75 Å². The zero-order chi connectivity index (χ0) is 19.3. The Morgan fingerprint density at radius 3 is 1.68 bits per heavy atom. The van der Waals surface area contributed by atoms with Crippen molar-refractivity contribution < 1.29 is 9.90 Å². The summed E-state index contributed by atoms with van der Waals surface area (Å²) in [6, 6.07) is 3.52. The molecule has 136 valence electrons. The average molecular weight is 396 g/mol.